The van der Waals surface area contributed by atoms with Crippen molar-refractivity contribution in [3.8, 4) is 44.9 Å². The first-order chi connectivity index (χ1) is 22.8. The summed E-state index contributed by atoms with van der Waals surface area (Å²) in [5, 5.41) is 3.37. The van der Waals surface area contributed by atoms with Crippen LogP contribution in [0.3, 0.4) is 0 Å². The zero-order chi connectivity index (χ0) is 31.7. The summed E-state index contributed by atoms with van der Waals surface area (Å²) >= 11 is 0. The lowest BCUT2D eigenvalue weighted by molar-refractivity contribution is 0.620. The van der Waals surface area contributed by atoms with E-state index in [9.17, 15) is 0 Å². The van der Waals surface area contributed by atoms with E-state index in [2.05, 4.69) is 143 Å². The van der Waals surface area contributed by atoms with E-state index >= 15 is 0 Å². The minimum atomic E-state index is -0.327. The van der Waals surface area contributed by atoms with Crippen LogP contribution in [0.15, 0.2) is 126 Å². The van der Waals surface area contributed by atoms with Gasteiger partial charge in [0, 0.05) is 43.7 Å². The molecular formula is C44H32N2O. The van der Waals surface area contributed by atoms with Crippen molar-refractivity contribution in [3.63, 3.8) is 0 Å². The van der Waals surface area contributed by atoms with Crippen LogP contribution in [-0.4, -0.2) is 9.97 Å². The van der Waals surface area contributed by atoms with E-state index < -0.39 is 0 Å². The molecule has 0 amide bonds. The predicted molar refractivity (Wildman–Crippen MR) is 193 cm³/mol. The Bertz CT molecular complexity index is 2640. The van der Waals surface area contributed by atoms with Gasteiger partial charge in [0.1, 0.15) is 11.2 Å². The number of fused-ring (bicyclic) bond motifs is 11. The van der Waals surface area contributed by atoms with Crippen LogP contribution in [0.25, 0.3) is 77.7 Å². The largest absolute Gasteiger partial charge is 0.456 e. The SMILES string of the molecule is CC1(C)c2ccccc2-c2cc(-c3nc(-c4cccc5c4C(C)(C)c4c-5ccc5c4oc4ccccc45)nc4ccccc34)ccc21. The molecule has 3 heteroatoms. The number of aromatic nitrogens is 2. The van der Waals surface area contributed by atoms with Gasteiger partial charge in [-0.15, -0.1) is 0 Å². The molecule has 0 aliphatic heterocycles. The van der Waals surface area contributed by atoms with E-state index in [0.717, 1.165) is 55.5 Å². The van der Waals surface area contributed by atoms with Gasteiger partial charge < -0.3 is 4.42 Å². The maximum atomic E-state index is 6.59. The molecular weight excluding hydrogens is 572 g/mol. The third-order valence-corrected chi connectivity index (χ3v) is 10.9. The topological polar surface area (TPSA) is 38.9 Å². The number of furan rings is 1. The van der Waals surface area contributed by atoms with Gasteiger partial charge in [-0.25, -0.2) is 9.97 Å². The number of hydrogen-bond donors (Lipinski definition) is 0. The van der Waals surface area contributed by atoms with Crippen molar-refractivity contribution in [2.75, 3.05) is 0 Å². The molecule has 0 saturated heterocycles. The molecule has 3 nitrogen and oxygen atoms in total. The normalized spacial score (nSPS) is 15.1. The first-order valence-electron chi connectivity index (χ1n) is 16.4. The molecule has 6 aromatic carbocycles. The highest BCUT2D eigenvalue weighted by molar-refractivity contribution is 6.09. The fraction of sp³-hybridized carbons (Fsp3) is 0.136. The van der Waals surface area contributed by atoms with Gasteiger partial charge in [0.25, 0.3) is 0 Å². The summed E-state index contributed by atoms with van der Waals surface area (Å²) in [5.74, 6) is 0.749. The Morgan fingerprint density at radius 2 is 1.19 bits per heavy atom. The third-order valence-electron chi connectivity index (χ3n) is 10.9. The Hall–Kier alpha value is -5.54. The van der Waals surface area contributed by atoms with Gasteiger partial charge in [-0.2, -0.15) is 0 Å². The Balaban J connectivity index is 1.20. The van der Waals surface area contributed by atoms with E-state index in [-0.39, 0.29) is 10.8 Å². The van der Waals surface area contributed by atoms with Gasteiger partial charge in [-0.05, 0) is 63.2 Å². The van der Waals surface area contributed by atoms with Crippen LogP contribution in [0.1, 0.15) is 49.9 Å². The van der Waals surface area contributed by atoms with Gasteiger partial charge in [-0.3, -0.25) is 0 Å². The summed E-state index contributed by atoms with van der Waals surface area (Å²) in [6.45, 7) is 9.28. The highest BCUT2D eigenvalue weighted by Gasteiger charge is 2.41. The van der Waals surface area contributed by atoms with Crippen molar-refractivity contribution < 1.29 is 4.42 Å². The Labute approximate surface area is 273 Å². The lowest BCUT2D eigenvalue weighted by Gasteiger charge is -2.24. The van der Waals surface area contributed by atoms with Crippen LogP contribution in [-0.2, 0) is 10.8 Å². The molecule has 2 aromatic heterocycles. The van der Waals surface area contributed by atoms with E-state index in [4.69, 9.17) is 14.4 Å². The molecule has 0 spiro atoms. The van der Waals surface area contributed by atoms with E-state index in [1.807, 2.05) is 6.07 Å². The van der Waals surface area contributed by atoms with Gasteiger partial charge in [0.15, 0.2) is 5.82 Å². The van der Waals surface area contributed by atoms with Gasteiger partial charge >= 0.3 is 0 Å². The Kier molecular flexibility index (Phi) is 5.13. The molecule has 224 valence electrons. The third kappa shape index (κ3) is 3.46. The molecule has 0 unspecified atom stereocenters. The van der Waals surface area contributed by atoms with E-state index in [1.54, 1.807) is 0 Å². The fourth-order valence-electron chi connectivity index (χ4n) is 8.68. The minimum Gasteiger partial charge on any atom is -0.456 e. The highest BCUT2D eigenvalue weighted by atomic mass is 16.3. The van der Waals surface area contributed by atoms with Crippen molar-refractivity contribution in [2.24, 2.45) is 0 Å². The molecule has 0 radical (unpaired) electrons. The average molecular weight is 605 g/mol. The number of rotatable bonds is 2. The fourth-order valence-corrected chi connectivity index (χ4v) is 8.68. The van der Waals surface area contributed by atoms with Crippen molar-refractivity contribution in [2.45, 2.75) is 38.5 Å². The molecule has 2 heterocycles. The second-order valence-corrected chi connectivity index (χ2v) is 14.2. The molecule has 2 aliphatic carbocycles. The zero-order valence-electron chi connectivity index (χ0n) is 26.8. The molecule has 0 saturated carbocycles. The first kappa shape index (κ1) is 26.7. The zero-order valence-corrected chi connectivity index (χ0v) is 26.8. The summed E-state index contributed by atoms with van der Waals surface area (Å²) in [6.07, 6.45) is 0. The standard InChI is InChI=1S/C44H32N2O/c1-43(2)34-17-8-5-12-26(34)33-24-25(20-23-35(33)43)40-31-14-6-9-18-36(31)45-42(46-40)32-16-11-15-28-29-21-22-30-27-13-7-10-19-37(27)47-41(30)39(29)44(3,4)38(28)32/h5-24H,1-4H3. The average Bonchev–Trinajstić information content (AvgIpc) is 3.67. The Morgan fingerprint density at radius 1 is 0.489 bits per heavy atom. The molecule has 0 fully saturated rings. The molecule has 0 bridgehead atoms. The van der Waals surface area contributed by atoms with Crippen molar-refractivity contribution >= 4 is 32.8 Å². The maximum Gasteiger partial charge on any atom is 0.160 e. The molecule has 0 N–H and O–H groups in total. The van der Waals surface area contributed by atoms with Gasteiger partial charge in [0.2, 0.25) is 0 Å². The monoisotopic (exact) mass is 604 g/mol. The van der Waals surface area contributed by atoms with Crippen LogP contribution >= 0.6 is 0 Å². The quantitative estimate of drug-likeness (QED) is 0.197. The highest BCUT2D eigenvalue weighted by Crippen LogP contribution is 2.55. The summed E-state index contributed by atoms with van der Waals surface area (Å²) in [5.41, 5.74) is 15.9. The second-order valence-electron chi connectivity index (χ2n) is 14.2. The number of benzene rings is 6. The Morgan fingerprint density at radius 3 is 2.09 bits per heavy atom. The van der Waals surface area contributed by atoms with Crippen LogP contribution in [0.2, 0.25) is 0 Å². The predicted octanol–water partition coefficient (Wildman–Crippen LogP) is 11.5. The number of hydrogen-bond acceptors (Lipinski definition) is 3. The summed E-state index contributed by atoms with van der Waals surface area (Å²) < 4.78 is 6.59. The van der Waals surface area contributed by atoms with Gasteiger partial charge in [-0.1, -0.05) is 125 Å². The van der Waals surface area contributed by atoms with E-state index in [1.165, 1.54) is 44.5 Å². The number of nitrogens with zero attached hydrogens (tertiary/aromatic N) is 2. The smallest absolute Gasteiger partial charge is 0.160 e. The maximum absolute atomic E-state index is 6.59. The summed E-state index contributed by atoms with van der Waals surface area (Å²) in [6, 6.07) is 43.5. The minimum absolute atomic E-state index is 0.0419. The van der Waals surface area contributed by atoms with Crippen molar-refractivity contribution in [1.82, 2.24) is 9.97 Å². The first-order valence-corrected chi connectivity index (χ1v) is 16.4. The lowest BCUT2D eigenvalue weighted by Crippen LogP contribution is -2.17. The summed E-state index contributed by atoms with van der Waals surface area (Å²) in [7, 11) is 0. The molecule has 0 atom stereocenters. The lowest BCUT2D eigenvalue weighted by atomic mass is 9.79. The molecule has 2 aliphatic rings. The van der Waals surface area contributed by atoms with Crippen LogP contribution in [0, 0.1) is 0 Å². The van der Waals surface area contributed by atoms with Crippen molar-refractivity contribution in [3.05, 3.63) is 144 Å². The van der Waals surface area contributed by atoms with Crippen LogP contribution in [0.4, 0.5) is 0 Å². The van der Waals surface area contributed by atoms with Crippen molar-refractivity contribution in [1.29, 1.82) is 0 Å². The van der Waals surface area contributed by atoms with Crippen LogP contribution < -0.4 is 0 Å². The molecule has 47 heavy (non-hydrogen) atoms. The molecule has 8 aromatic rings. The van der Waals surface area contributed by atoms with Gasteiger partial charge in [0.05, 0.1) is 11.2 Å². The summed E-state index contributed by atoms with van der Waals surface area (Å²) in [4.78, 5) is 10.7. The van der Waals surface area contributed by atoms with E-state index in [0.29, 0.717) is 0 Å². The number of para-hydroxylation sites is 2. The second kappa shape index (κ2) is 9.04. The van der Waals surface area contributed by atoms with Crippen LogP contribution in [0.5, 0.6) is 0 Å². The molecule has 10 rings (SSSR count).